The van der Waals surface area contributed by atoms with Crippen LogP contribution < -0.4 is 5.32 Å². The summed E-state index contributed by atoms with van der Waals surface area (Å²) >= 11 is 1.94. The van der Waals surface area contributed by atoms with Gasteiger partial charge in [-0.2, -0.15) is 0 Å². The maximum absolute atomic E-state index is 4.53. The first-order chi connectivity index (χ1) is 6.83. The van der Waals surface area contributed by atoms with Crippen molar-refractivity contribution in [2.24, 2.45) is 10.9 Å². The van der Waals surface area contributed by atoms with Crippen molar-refractivity contribution in [2.75, 3.05) is 6.54 Å². The highest BCUT2D eigenvalue weighted by atomic mass is 32.2. The lowest BCUT2D eigenvalue weighted by Gasteiger charge is -2.06. The predicted molar refractivity (Wildman–Crippen MR) is 63.9 cm³/mol. The van der Waals surface area contributed by atoms with Crippen LogP contribution in [0, 0.1) is 5.92 Å². The molecule has 2 rings (SSSR count). The third-order valence-corrected chi connectivity index (χ3v) is 4.35. The second-order valence-corrected chi connectivity index (χ2v) is 5.62. The van der Waals surface area contributed by atoms with Gasteiger partial charge in [0.25, 0.3) is 0 Å². The quantitative estimate of drug-likeness (QED) is 0.774. The predicted octanol–water partition coefficient (Wildman–Crippen LogP) is 2.65. The lowest BCUT2D eigenvalue weighted by Crippen LogP contribution is -2.23. The summed E-state index contributed by atoms with van der Waals surface area (Å²) in [5.74, 6) is 0.934. The van der Waals surface area contributed by atoms with Crippen LogP contribution in [0.1, 0.15) is 39.5 Å². The molecule has 3 heteroatoms. The summed E-state index contributed by atoms with van der Waals surface area (Å²) in [6, 6.07) is 0.747. The maximum Gasteiger partial charge on any atom is 0.157 e. The van der Waals surface area contributed by atoms with E-state index in [0.717, 1.165) is 23.8 Å². The highest BCUT2D eigenvalue weighted by Crippen LogP contribution is 2.36. The zero-order chi connectivity index (χ0) is 9.97. The van der Waals surface area contributed by atoms with Crippen LogP contribution in [-0.4, -0.2) is 23.0 Å². The Hall–Kier alpha value is -0.180. The lowest BCUT2D eigenvalue weighted by atomic mass is 10.2. The molecule has 0 bridgehead atoms. The molecule has 1 heterocycles. The fourth-order valence-corrected chi connectivity index (χ4v) is 2.98. The largest absolute Gasteiger partial charge is 0.362 e. The van der Waals surface area contributed by atoms with Gasteiger partial charge in [-0.25, -0.2) is 0 Å². The van der Waals surface area contributed by atoms with Gasteiger partial charge < -0.3 is 5.32 Å². The molecule has 3 unspecified atom stereocenters. The molecule has 0 aromatic heterocycles. The molecule has 1 aliphatic carbocycles. The molecule has 3 atom stereocenters. The number of hydrogen-bond acceptors (Lipinski definition) is 3. The Morgan fingerprint density at radius 2 is 2.36 bits per heavy atom. The highest BCUT2D eigenvalue weighted by molar-refractivity contribution is 8.14. The Labute approximate surface area is 90.9 Å². The minimum atomic E-state index is 0.737. The van der Waals surface area contributed by atoms with E-state index in [9.17, 15) is 0 Å². The number of amidine groups is 1. The summed E-state index contributed by atoms with van der Waals surface area (Å²) in [6.45, 7) is 5.53. The molecule has 0 spiro atoms. The van der Waals surface area contributed by atoms with Crippen molar-refractivity contribution in [3.8, 4) is 0 Å². The fraction of sp³-hybridized carbons (Fsp3) is 0.909. The third kappa shape index (κ3) is 2.44. The highest BCUT2D eigenvalue weighted by Gasteiger charge is 2.37. The van der Waals surface area contributed by atoms with E-state index < -0.39 is 0 Å². The molecule has 0 amide bonds. The summed E-state index contributed by atoms with van der Waals surface area (Å²) in [4.78, 5) is 4.53. The minimum absolute atomic E-state index is 0.737. The van der Waals surface area contributed by atoms with Crippen molar-refractivity contribution >= 4 is 16.9 Å². The maximum atomic E-state index is 4.53. The standard InChI is InChI=1S/C11H20N2S/c1-3-5-8-6-10(8)13-11-12-7-9(4-2)14-11/h8-10H,3-7H2,1-2H3,(H,12,13). The van der Waals surface area contributed by atoms with Gasteiger partial charge in [0.15, 0.2) is 5.17 Å². The SMILES string of the molecule is CCCC1CC1NC1=NCC(CC)S1. The Morgan fingerprint density at radius 3 is 3.00 bits per heavy atom. The van der Waals surface area contributed by atoms with Crippen molar-refractivity contribution in [3.63, 3.8) is 0 Å². The summed E-state index contributed by atoms with van der Waals surface area (Å²) < 4.78 is 0. The van der Waals surface area contributed by atoms with Gasteiger partial charge in [0.1, 0.15) is 0 Å². The molecule has 14 heavy (non-hydrogen) atoms. The van der Waals surface area contributed by atoms with Gasteiger partial charge in [-0.3, -0.25) is 4.99 Å². The summed E-state index contributed by atoms with van der Waals surface area (Å²) in [6.07, 6.45) is 5.31. The number of thioether (sulfide) groups is 1. The topological polar surface area (TPSA) is 24.4 Å². The third-order valence-electron chi connectivity index (χ3n) is 3.06. The van der Waals surface area contributed by atoms with Gasteiger partial charge >= 0.3 is 0 Å². The van der Waals surface area contributed by atoms with E-state index in [1.54, 1.807) is 0 Å². The Balaban J connectivity index is 1.68. The van der Waals surface area contributed by atoms with E-state index in [2.05, 4.69) is 24.2 Å². The molecule has 0 aromatic rings. The summed E-state index contributed by atoms with van der Waals surface area (Å²) in [5, 5.41) is 5.51. The van der Waals surface area contributed by atoms with Gasteiger partial charge in [-0.05, 0) is 25.2 Å². The van der Waals surface area contributed by atoms with Gasteiger partial charge in [0.2, 0.25) is 0 Å². The van der Waals surface area contributed by atoms with E-state index in [1.165, 1.54) is 30.9 Å². The van der Waals surface area contributed by atoms with Crippen LogP contribution in [0.5, 0.6) is 0 Å². The average molecular weight is 212 g/mol. The second kappa shape index (κ2) is 4.56. The van der Waals surface area contributed by atoms with E-state index in [-0.39, 0.29) is 0 Å². The van der Waals surface area contributed by atoms with Crippen LogP contribution in [-0.2, 0) is 0 Å². The van der Waals surface area contributed by atoms with Crippen molar-refractivity contribution in [3.05, 3.63) is 0 Å². The van der Waals surface area contributed by atoms with Crippen molar-refractivity contribution < 1.29 is 0 Å². The first-order valence-electron chi connectivity index (χ1n) is 5.81. The molecule has 0 saturated heterocycles. The fourth-order valence-electron chi connectivity index (χ4n) is 1.98. The van der Waals surface area contributed by atoms with E-state index in [1.807, 2.05) is 11.8 Å². The van der Waals surface area contributed by atoms with Gasteiger partial charge in [0.05, 0.1) is 6.54 Å². The van der Waals surface area contributed by atoms with Crippen LogP contribution in [0.15, 0.2) is 4.99 Å². The van der Waals surface area contributed by atoms with Gasteiger partial charge in [-0.1, -0.05) is 32.0 Å². The number of aliphatic imine (C=N–C) groups is 1. The molecule has 80 valence electrons. The van der Waals surface area contributed by atoms with Gasteiger partial charge in [0, 0.05) is 11.3 Å². The number of nitrogens with one attached hydrogen (secondary N) is 1. The Morgan fingerprint density at radius 1 is 1.50 bits per heavy atom. The monoisotopic (exact) mass is 212 g/mol. The normalized spacial score (nSPS) is 35.6. The first kappa shape index (κ1) is 10.3. The number of rotatable bonds is 4. The number of nitrogens with zero attached hydrogens (tertiary/aromatic N) is 1. The van der Waals surface area contributed by atoms with Crippen LogP contribution in [0.25, 0.3) is 0 Å². The van der Waals surface area contributed by atoms with Crippen molar-refractivity contribution in [1.82, 2.24) is 5.32 Å². The molecular formula is C11H20N2S. The molecule has 1 saturated carbocycles. The molecule has 2 aliphatic rings. The minimum Gasteiger partial charge on any atom is -0.362 e. The molecular weight excluding hydrogens is 192 g/mol. The lowest BCUT2D eigenvalue weighted by molar-refractivity contribution is 0.664. The molecule has 0 radical (unpaired) electrons. The van der Waals surface area contributed by atoms with E-state index in [4.69, 9.17) is 0 Å². The Bertz CT molecular complexity index is 227. The van der Waals surface area contributed by atoms with Crippen LogP contribution in [0.3, 0.4) is 0 Å². The van der Waals surface area contributed by atoms with Gasteiger partial charge in [-0.15, -0.1) is 0 Å². The average Bonchev–Trinajstić information content (AvgIpc) is 2.76. The van der Waals surface area contributed by atoms with Crippen molar-refractivity contribution in [2.45, 2.75) is 50.8 Å². The molecule has 1 fully saturated rings. The Kier molecular flexibility index (Phi) is 3.37. The van der Waals surface area contributed by atoms with Crippen LogP contribution in [0.2, 0.25) is 0 Å². The van der Waals surface area contributed by atoms with Crippen LogP contribution in [0.4, 0.5) is 0 Å². The summed E-state index contributed by atoms with van der Waals surface area (Å²) in [5.41, 5.74) is 0. The summed E-state index contributed by atoms with van der Waals surface area (Å²) in [7, 11) is 0. The van der Waals surface area contributed by atoms with Crippen molar-refractivity contribution in [1.29, 1.82) is 0 Å². The smallest absolute Gasteiger partial charge is 0.157 e. The zero-order valence-electron chi connectivity index (χ0n) is 9.12. The molecule has 0 aromatic carbocycles. The molecule has 1 N–H and O–H groups in total. The van der Waals surface area contributed by atoms with E-state index in [0.29, 0.717) is 0 Å². The first-order valence-corrected chi connectivity index (χ1v) is 6.69. The number of hydrogen-bond donors (Lipinski definition) is 1. The molecule has 1 aliphatic heterocycles. The van der Waals surface area contributed by atoms with E-state index >= 15 is 0 Å². The zero-order valence-corrected chi connectivity index (χ0v) is 9.94. The van der Waals surface area contributed by atoms with Crippen LogP contribution >= 0.6 is 11.8 Å². The molecule has 2 nitrogen and oxygen atoms in total. The second-order valence-electron chi connectivity index (χ2n) is 4.33.